The van der Waals surface area contributed by atoms with Crippen molar-refractivity contribution >= 4 is 17.4 Å². The van der Waals surface area contributed by atoms with Gasteiger partial charge in [-0.15, -0.1) is 6.58 Å². The van der Waals surface area contributed by atoms with E-state index in [4.69, 9.17) is 11.6 Å². The molecule has 1 rings (SSSR count). The van der Waals surface area contributed by atoms with Gasteiger partial charge in [0.05, 0.1) is 5.02 Å². The molecular weight excluding hydrogens is 246 g/mol. The first-order valence-corrected chi connectivity index (χ1v) is 6.43. The van der Waals surface area contributed by atoms with E-state index in [1.54, 1.807) is 6.20 Å². The fourth-order valence-corrected chi connectivity index (χ4v) is 1.63. The first kappa shape index (κ1) is 15.0. The predicted octanol–water partition coefficient (Wildman–Crippen LogP) is 3.25. The number of aromatic nitrogens is 1. The van der Waals surface area contributed by atoms with E-state index < -0.39 is 0 Å². The van der Waals surface area contributed by atoms with E-state index in [9.17, 15) is 0 Å². The van der Waals surface area contributed by atoms with E-state index in [0.717, 1.165) is 24.5 Å². The lowest BCUT2D eigenvalue weighted by molar-refractivity contribution is 0.424. The van der Waals surface area contributed by atoms with Crippen LogP contribution < -0.4 is 10.2 Å². The number of hydrogen-bond donors (Lipinski definition) is 1. The predicted molar refractivity (Wildman–Crippen MR) is 79.3 cm³/mol. The molecule has 0 aliphatic heterocycles. The average Bonchev–Trinajstić information content (AvgIpc) is 2.27. The Balaban J connectivity index is 2.84. The Bertz CT molecular complexity index is 410. The van der Waals surface area contributed by atoms with Gasteiger partial charge in [0.1, 0.15) is 5.82 Å². The molecule has 0 fully saturated rings. The van der Waals surface area contributed by atoms with Crippen molar-refractivity contribution in [2.24, 2.45) is 0 Å². The van der Waals surface area contributed by atoms with Crippen LogP contribution in [0.5, 0.6) is 0 Å². The second kappa shape index (κ2) is 6.21. The Morgan fingerprint density at radius 2 is 2.17 bits per heavy atom. The fraction of sp³-hybridized carbons (Fsp3) is 0.500. The minimum absolute atomic E-state index is 0.0692. The van der Waals surface area contributed by atoms with Crippen LogP contribution in [0.15, 0.2) is 24.9 Å². The van der Waals surface area contributed by atoms with Gasteiger partial charge in [-0.25, -0.2) is 4.98 Å². The molecule has 100 valence electrons. The molecule has 0 atom stereocenters. The van der Waals surface area contributed by atoms with Crippen LogP contribution in [-0.4, -0.2) is 24.1 Å². The molecular formula is C14H22ClN3. The van der Waals surface area contributed by atoms with E-state index >= 15 is 0 Å². The average molecular weight is 268 g/mol. The Morgan fingerprint density at radius 3 is 2.72 bits per heavy atom. The molecule has 0 radical (unpaired) electrons. The third-order valence-electron chi connectivity index (χ3n) is 2.52. The van der Waals surface area contributed by atoms with Crippen LogP contribution in [-0.2, 0) is 6.54 Å². The van der Waals surface area contributed by atoms with E-state index in [1.807, 2.05) is 24.1 Å². The summed E-state index contributed by atoms with van der Waals surface area (Å²) in [6, 6.07) is 2.02. The van der Waals surface area contributed by atoms with Gasteiger partial charge in [0.2, 0.25) is 0 Å². The van der Waals surface area contributed by atoms with Crippen molar-refractivity contribution in [2.75, 3.05) is 18.5 Å². The third-order valence-corrected chi connectivity index (χ3v) is 2.86. The van der Waals surface area contributed by atoms with Crippen molar-refractivity contribution in [3.63, 3.8) is 0 Å². The topological polar surface area (TPSA) is 28.2 Å². The molecule has 3 nitrogen and oxygen atoms in total. The summed E-state index contributed by atoms with van der Waals surface area (Å²) in [6.45, 7) is 11.6. The Hall–Kier alpha value is -1.06. The summed E-state index contributed by atoms with van der Waals surface area (Å²) in [5.41, 5.74) is 1.13. The number of hydrogen-bond acceptors (Lipinski definition) is 3. The number of nitrogens with zero attached hydrogens (tertiary/aromatic N) is 2. The molecule has 18 heavy (non-hydrogen) atoms. The lowest BCUT2D eigenvalue weighted by Gasteiger charge is -2.22. The minimum Gasteiger partial charge on any atom is -0.356 e. The van der Waals surface area contributed by atoms with Crippen LogP contribution in [0.2, 0.25) is 5.02 Å². The van der Waals surface area contributed by atoms with Crippen molar-refractivity contribution in [3.8, 4) is 0 Å². The molecule has 1 N–H and O–H groups in total. The smallest absolute Gasteiger partial charge is 0.128 e. The van der Waals surface area contributed by atoms with Gasteiger partial charge in [-0.05, 0) is 32.4 Å². The minimum atomic E-state index is 0.0692. The van der Waals surface area contributed by atoms with Gasteiger partial charge < -0.3 is 10.2 Å². The molecule has 0 unspecified atom stereocenters. The molecule has 0 amide bonds. The molecule has 4 heteroatoms. The van der Waals surface area contributed by atoms with Gasteiger partial charge in [0.25, 0.3) is 0 Å². The highest BCUT2D eigenvalue weighted by molar-refractivity contribution is 6.31. The molecule has 0 aromatic carbocycles. The van der Waals surface area contributed by atoms with Crippen LogP contribution in [0, 0.1) is 0 Å². The Kier molecular flexibility index (Phi) is 5.17. The van der Waals surface area contributed by atoms with Crippen LogP contribution in [0.4, 0.5) is 5.82 Å². The molecule has 1 heterocycles. The normalized spacial score (nSPS) is 11.4. The van der Waals surface area contributed by atoms with Gasteiger partial charge in [-0.2, -0.15) is 0 Å². The van der Waals surface area contributed by atoms with E-state index in [1.165, 1.54) is 0 Å². The van der Waals surface area contributed by atoms with Crippen LogP contribution in [0.3, 0.4) is 0 Å². The van der Waals surface area contributed by atoms with Crippen molar-refractivity contribution in [1.82, 2.24) is 10.3 Å². The Morgan fingerprint density at radius 1 is 1.50 bits per heavy atom. The summed E-state index contributed by atoms with van der Waals surface area (Å²) in [4.78, 5) is 6.35. The number of halogens is 1. The quantitative estimate of drug-likeness (QED) is 0.830. The van der Waals surface area contributed by atoms with Crippen molar-refractivity contribution in [1.29, 1.82) is 0 Å². The van der Waals surface area contributed by atoms with Crippen LogP contribution in [0.25, 0.3) is 0 Å². The molecule has 0 aliphatic rings. The molecule has 0 saturated heterocycles. The maximum absolute atomic E-state index is 6.17. The van der Waals surface area contributed by atoms with Gasteiger partial charge in [-0.3, -0.25) is 0 Å². The summed E-state index contributed by atoms with van der Waals surface area (Å²) < 4.78 is 0. The van der Waals surface area contributed by atoms with Crippen molar-refractivity contribution in [3.05, 3.63) is 35.5 Å². The molecule has 1 aromatic heterocycles. The lowest BCUT2D eigenvalue weighted by Crippen LogP contribution is -2.35. The highest BCUT2D eigenvalue weighted by Crippen LogP contribution is 2.20. The van der Waals surface area contributed by atoms with Gasteiger partial charge in [-0.1, -0.05) is 17.7 Å². The SMILES string of the molecule is C=CCN(C)c1cc(CNC(C)(C)C)c(Cl)cn1. The summed E-state index contributed by atoms with van der Waals surface area (Å²) >= 11 is 6.17. The number of nitrogens with one attached hydrogen (secondary N) is 1. The molecule has 0 saturated carbocycles. The maximum Gasteiger partial charge on any atom is 0.128 e. The molecule has 0 bridgehead atoms. The van der Waals surface area contributed by atoms with Gasteiger partial charge >= 0.3 is 0 Å². The number of pyridine rings is 1. The summed E-state index contributed by atoms with van der Waals surface area (Å²) in [7, 11) is 1.99. The first-order chi connectivity index (χ1) is 8.33. The number of likely N-dealkylation sites (N-methyl/N-ethyl adjacent to an activating group) is 1. The molecule has 1 aromatic rings. The van der Waals surface area contributed by atoms with E-state index in [0.29, 0.717) is 5.02 Å². The van der Waals surface area contributed by atoms with E-state index in [-0.39, 0.29) is 5.54 Å². The summed E-state index contributed by atoms with van der Waals surface area (Å²) in [5.74, 6) is 0.907. The van der Waals surface area contributed by atoms with Crippen LogP contribution >= 0.6 is 11.6 Å². The molecule has 0 spiro atoms. The van der Waals surface area contributed by atoms with Crippen LogP contribution in [0.1, 0.15) is 26.3 Å². The summed E-state index contributed by atoms with van der Waals surface area (Å²) in [5, 5.41) is 4.12. The zero-order chi connectivity index (χ0) is 13.8. The number of rotatable bonds is 5. The van der Waals surface area contributed by atoms with E-state index in [2.05, 4.69) is 37.7 Å². The Labute approximate surface area is 115 Å². The van der Waals surface area contributed by atoms with Crippen molar-refractivity contribution in [2.45, 2.75) is 32.9 Å². The second-order valence-corrected chi connectivity index (χ2v) is 5.81. The highest BCUT2D eigenvalue weighted by Gasteiger charge is 2.11. The fourth-order valence-electron chi connectivity index (χ4n) is 1.46. The van der Waals surface area contributed by atoms with Gasteiger partial charge in [0.15, 0.2) is 0 Å². The zero-order valence-electron chi connectivity index (χ0n) is 11.6. The standard InChI is InChI=1S/C14H22ClN3/c1-6-7-18(5)13-8-11(12(15)10-16-13)9-17-14(2,3)4/h6,8,10,17H,1,7,9H2,2-5H3. The third kappa shape index (κ3) is 4.67. The first-order valence-electron chi connectivity index (χ1n) is 6.05. The van der Waals surface area contributed by atoms with Crippen molar-refractivity contribution < 1.29 is 0 Å². The maximum atomic E-state index is 6.17. The lowest BCUT2D eigenvalue weighted by atomic mass is 10.1. The second-order valence-electron chi connectivity index (χ2n) is 5.41. The van der Waals surface area contributed by atoms with Gasteiger partial charge in [0, 0.05) is 31.9 Å². The monoisotopic (exact) mass is 267 g/mol. The largest absolute Gasteiger partial charge is 0.356 e. The highest BCUT2D eigenvalue weighted by atomic mass is 35.5. The summed E-state index contributed by atoms with van der Waals surface area (Å²) in [6.07, 6.45) is 3.56. The number of anilines is 1. The molecule has 0 aliphatic carbocycles. The zero-order valence-corrected chi connectivity index (χ0v) is 12.4.